The van der Waals surface area contributed by atoms with Gasteiger partial charge in [0.05, 0.1) is 0 Å². The minimum Gasteiger partial charge on any atom is -0.462 e. The van der Waals surface area contributed by atoms with Crippen LogP contribution in [0.5, 0.6) is 0 Å². The molecule has 3 fully saturated rings. The fourth-order valence-corrected chi connectivity index (χ4v) is 9.22. The number of esters is 1. The predicted octanol–water partition coefficient (Wildman–Crippen LogP) is 7.71. The summed E-state index contributed by atoms with van der Waals surface area (Å²) in [5.74, 6) is 5.04. The van der Waals surface area contributed by atoms with Crippen LogP contribution in [-0.4, -0.2) is 23.8 Å². The Hall–Kier alpha value is -0.830. The van der Waals surface area contributed by atoms with E-state index in [0.717, 1.165) is 54.8 Å². The van der Waals surface area contributed by atoms with Crippen molar-refractivity contribution in [3.8, 4) is 0 Å². The molecule has 3 unspecified atom stereocenters. The second-order valence-corrected chi connectivity index (χ2v) is 13.5. The van der Waals surface area contributed by atoms with Crippen LogP contribution in [-0.2, 0) is 9.53 Å². The zero-order valence-electron chi connectivity index (χ0n) is 22.8. The molecule has 4 aliphatic rings. The van der Waals surface area contributed by atoms with E-state index in [0.29, 0.717) is 23.7 Å². The Morgan fingerprint density at radius 1 is 1.06 bits per heavy atom. The van der Waals surface area contributed by atoms with Gasteiger partial charge >= 0.3 is 5.97 Å². The van der Waals surface area contributed by atoms with Gasteiger partial charge in [-0.3, -0.25) is 4.79 Å². The fourth-order valence-electron chi connectivity index (χ4n) is 9.22. The summed E-state index contributed by atoms with van der Waals surface area (Å²) in [7, 11) is 0. The molecule has 1 N–H and O–H groups in total. The largest absolute Gasteiger partial charge is 0.462 e. The van der Waals surface area contributed by atoms with E-state index in [2.05, 4.69) is 40.7 Å². The molecule has 0 spiro atoms. The van der Waals surface area contributed by atoms with Gasteiger partial charge in [-0.1, -0.05) is 65.5 Å². The lowest BCUT2D eigenvalue weighted by molar-refractivity contribution is -0.151. The molecule has 0 saturated heterocycles. The first-order valence-electron chi connectivity index (χ1n) is 14.7. The van der Waals surface area contributed by atoms with Crippen LogP contribution in [0.3, 0.4) is 0 Å². The smallest absolute Gasteiger partial charge is 0.306 e. The van der Waals surface area contributed by atoms with Gasteiger partial charge in [-0.25, -0.2) is 0 Å². The van der Waals surface area contributed by atoms with Gasteiger partial charge < -0.3 is 9.84 Å². The van der Waals surface area contributed by atoms with Crippen LogP contribution < -0.4 is 0 Å². The van der Waals surface area contributed by atoms with Crippen molar-refractivity contribution in [2.45, 2.75) is 124 Å². The molecular formula is C31H52O3. The zero-order chi connectivity index (χ0) is 24.5. The molecule has 8 atom stereocenters. The summed E-state index contributed by atoms with van der Waals surface area (Å²) in [6, 6.07) is 0. The standard InChI is InChI=1S/C31H52O3/c1-21(2)8-6-9-22(3)26-13-14-27-25-12-11-23-20-24(34-29(33)10-7-19-32)15-17-30(23,4)28(25)16-18-31(26,27)5/h11,21-22,24-28,32H,6-10,12-20H2,1-5H3/t22-,24+,25?,26-,27?,28?,30+,31-/m1/s1. The molecular weight excluding hydrogens is 420 g/mol. The van der Waals surface area contributed by atoms with Crippen LogP contribution in [0.1, 0.15) is 118 Å². The van der Waals surface area contributed by atoms with Gasteiger partial charge in [-0.15, -0.1) is 0 Å². The highest BCUT2D eigenvalue weighted by Crippen LogP contribution is 2.67. The highest BCUT2D eigenvalue weighted by molar-refractivity contribution is 5.69. The number of hydrogen-bond donors (Lipinski definition) is 1. The van der Waals surface area contributed by atoms with E-state index in [9.17, 15) is 4.79 Å². The molecule has 0 aromatic heterocycles. The average molecular weight is 473 g/mol. The summed E-state index contributed by atoms with van der Waals surface area (Å²) in [6.07, 6.45) is 17.7. The Kier molecular flexibility index (Phi) is 8.22. The molecule has 4 rings (SSSR count). The average Bonchev–Trinajstić information content (AvgIpc) is 3.15. The predicted molar refractivity (Wildman–Crippen MR) is 139 cm³/mol. The van der Waals surface area contributed by atoms with Crippen LogP contribution in [0.4, 0.5) is 0 Å². The Morgan fingerprint density at radius 2 is 1.85 bits per heavy atom. The molecule has 34 heavy (non-hydrogen) atoms. The summed E-state index contributed by atoms with van der Waals surface area (Å²) in [5, 5.41) is 8.99. The van der Waals surface area contributed by atoms with Crippen molar-refractivity contribution in [2.75, 3.05) is 6.61 Å². The Morgan fingerprint density at radius 3 is 2.59 bits per heavy atom. The second kappa shape index (κ2) is 10.7. The van der Waals surface area contributed by atoms with Gasteiger partial charge in [0, 0.05) is 19.4 Å². The maximum absolute atomic E-state index is 12.1. The Balaban J connectivity index is 1.41. The van der Waals surface area contributed by atoms with E-state index < -0.39 is 0 Å². The molecule has 0 aromatic carbocycles. The van der Waals surface area contributed by atoms with Crippen molar-refractivity contribution in [1.82, 2.24) is 0 Å². The summed E-state index contributed by atoms with van der Waals surface area (Å²) in [5.41, 5.74) is 2.43. The van der Waals surface area contributed by atoms with E-state index in [1.165, 1.54) is 51.4 Å². The van der Waals surface area contributed by atoms with E-state index in [-0.39, 0.29) is 18.7 Å². The summed E-state index contributed by atoms with van der Waals surface area (Å²) >= 11 is 0. The number of fused-ring (bicyclic) bond motifs is 5. The molecule has 0 amide bonds. The van der Waals surface area contributed by atoms with Crippen molar-refractivity contribution in [3.05, 3.63) is 11.6 Å². The van der Waals surface area contributed by atoms with Crippen LogP contribution >= 0.6 is 0 Å². The molecule has 0 heterocycles. The molecule has 3 heteroatoms. The minimum atomic E-state index is -0.134. The highest BCUT2D eigenvalue weighted by Gasteiger charge is 2.59. The first-order valence-corrected chi connectivity index (χ1v) is 14.7. The summed E-state index contributed by atoms with van der Waals surface area (Å²) < 4.78 is 5.81. The maximum Gasteiger partial charge on any atom is 0.306 e. The molecule has 0 aliphatic heterocycles. The number of allylic oxidation sites excluding steroid dienone is 1. The third-order valence-corrected chi connectivity index (χ3v) is 11.1. The molecule has 0 radical (unpaired) electrons. The lowest BCUT2D eigenvalue weighted by atomic mass is 9.47. The second-order valence-electron chi connectivity index (χ2n) is 13.5. The minimum absolute atomic E-state index is 0.0403. The van der Waals surface area contributed by atoms with Crippen LogP contribution in [0.25, 0.3) is 0 Å². The molecule has 3 nitrogen and oxygen atoms in total. The van der Waals surface area contributed by atoms with Gasteiger partial charge in [-0.05, 0) is 97.7 Å². The van der Waals surface area contributed by atoms with Crippen molar-refractivity contribution < 1.29 is 14.6 Å². The number of carbonyl (C=O) groups is 1. The Bertz CT molecular complexity index is 741. The van der Waals surface area contributed by atoms with E-state index in [1.54, 1.807) is 5.57 Å². The van der Waals surface area contributed by atoms with Gasteiger partial charge in [0.15, 0.2) is 0 Å². The van der Waals surface area contributed by atoms with Gasteiger partial charge in [0.2, 0.25) is 0 Å². The summed E-state index contributed by atoms with van der Waals surface area (Å²) in [6.45, 7) is 12.6. The lowest BCUT2D eigenvalue weighted by Gasteiger charge is -2.58. The van der Waals surface area contributed by atoms with E-state index in [4.69, 9.17) is 9.84 Å². The summed E-state index contributed by atoms with van der Waals surface area (Å²) in [4.78, 5) is 12.1. The third kappa shape index (κ3) is 5.02. The van der Waals surface area contributed by atoms with Gasteiger partial charge in [-0.2, -0.15) is 0 Å². The highest BCUT2D eigenvalue weighted by atomic mass is 16.5. The number of ether oxygens (including phenoxy) is 1. The topological polar surface area (TPSA) is 46.5 Å². The normalized spacial score (nSPS) is 40.2. The first kappa shape index (κ1) is 26.2. The van der Waals surface area contributed by atoms with Crippen molar-refractivity contribution in [3.63, 3.8) is 0 Å². The third-order valence-electron chi connectivity index (χ3n) is 11.1. The van der Waals surface area contributed by atoms with Crippen LogP contribution in [0, 0.1) is 46.3 Å². The lowest BCUT2D eigenvalue weighted by Crippen LogP contribution is -2.51. The number of aliphatic hydroxyl groups is 1. The number of hydrogen-bond acceptors (Lipinski definition) is 3. The zero-order valence-corrected chi connectivity index (χ0v) is 22.8. The quantitative estimate of drug-likeness (QED) is 0.276. The van der Waals surface area contributed by atoms with Gasteiger partial charge in [0.1, 0.15) is 6.10 Å². The van der Waals surface area contributed by atoms with Crippen molar-refractivity contribution >= 4 is 5.97 Å². The van der Waals surface area contributed by atoms with Crippen LogP contribution in [0.2, 0.25) is 0 Å². The maximum atomic E-state index is 12.1. The molecule has 3 saturated carbocycles. The number of carbonyl (C=O) groups excluding carboxylic acids is 1. The first-order chi connectivity index (χ1) is 16.2. The molecule has 4 aliphatic carbocycles. The van der Waals surface area contributed by atoms with Crippen LogP contribution in [0.15, 0.2) is 11.6 Å². The fraction of sp³-hybridized carbons (Fsp3) is 0.903. The van der Waals surface area contributed by atoms with Gasteiger partial charge in [0.25, 0.3) is 0 Å². The van der Waals surface area contributed by atoms with Crippen molar-refractivity contribution in [1.29, 1.82) is 0 Å². The molecule has 0 aromatic rings. The molecule has 0 bridgehead atoms. The number of rotatable bonds is 9. The van der Waals surface area contributed by atoms with E-state index >= 15 is 0 Å². The Labute approximate surface area is 209 Å². The SMILES string of the molecule is CC(C)CCC[C@@H](C)[C@H]1CCC2C3CC=C4C[C@@H](OC(=O)CCCO)CC[C@]4(C)C3CC[C@@]21C. The van der Waals surface area contributed by atoms with E-state index in [1.807, 2.05) is 0 Å². The van der Waals surface area contributed by atoms with Crippen molar-refractivity contribution in [2.24, 2.45) is 46.3 Å². The monoisotopic (exact) mass is 472 g/mol. The number of aliphatic hydroxyl groups excluding tert-OH is 1. The molecule has 194 valence electrons.